The Hall–Kier alpha value is -3.86. The molecule has 0 spiro atoms. The third-order valence-corrected chi connectivity index (χ3v) is 3.72. The Morgan fingerprint density at radius 2 is 2.00 bits per heavy atom. The normalized spacial score (nSPS) is 10.7. The van der Waals surface area contributed by atoms with Crippen molar-refractivity contribution in [3.63, 3.8) is 0 Å². The van der Waals surface area contributed by atoms with Gasteiger partial charge in [0, 0.05) is 17.8 Å². The molecule has 150 valence electrons. The minimum absolute atomic E-state index is 0.152. The van der Waals surface area contributed by atoms with E-state index in [0.717, 1.165) is 6.42 Å². The molecule has 0 aliphatic carbocycles. The van der Waals surface area contributed by atoms with Crippen LogP contribution in [-0.2, 0) is 4.79 Å². The number of nitro groups is 1. The van der Waals surface area contributed by atoms with Crippen LogP contribution in [0.3, 0.4) is 0 Å². The van der Waals surface area contributed by atoms with Crippen molar-refractivity contribution in [1.29, 1.82) is 5.26 Å². The molecule has 2 aromatic carbocycles. The Balaban J connectivity index is 2.25. The fraction of sp³-hybridized carbons (Fsp3) is 0.238. The molecule has 0 aliphatic heterocycles. The molecule has 1 amide bonds. The summed E-state index contributed by atoms with van der Waals surface area (Å²) < 4.78 is 11.2. The smallest absolute Gasteiger partial charge is 0.271 e. The lowest BCUT2D eigenvalue weighted by atomic mass is 10.1. The zero-order chi connectivity index (χ0) is 21.2. The molecule has 0 radical (unpaired) electrons. The lowest BCUT2D eigenvalue weighted by Crippen LogP contribution is -2.13. The van der Waals surface area contributed by atoms with Crippen molar-refractivity contribution in [2.24, 2.45) is 0 Å². The number of benzene rings is 2. The Bertz CT molecular complexity index is 963. The van der Waals surface area contributed by atoms with Gasteiger partial charge < -0.3 is 14.8 Å². The monoisotopic (exact) mass is 395 g/mol. The summed E-state index contributed by atoms with van der Waals surface area (Å²) in [5.41, 5.74) is 0.502. The lowest BCUT2D eigenvalue weighted by molar-refractivity contribution is -0.384. The summed E-state index contributed by atoms with van der Waals surface area (Å²) in [5, 5.41) is 22.7. The van der Waals surface area contributed by atoms with Gasteiger partial charge in [0.1, 0.15) is 11.6 Å². The topological polar surface area (TPSA) is 114 Å². The number of non-ortho nitro benzene ring substituents is 1. The first-order chi connectivity index (χ1) is 14.0. The molecule has 0 fully saturated rings. The zero-order valence-electron chi connectivity index (χ0n) is 16.2. The van der Waals surface area contributed by atoms with Gasteiger partial charge in [-0.3, -0.25) is 14.9 Å². The molecule has 0 aliphatic rings. The van der Waals surface area contributed by atoms with Crippen LogP contribution in [0, 0.1) is 21.4 Å². The molecule has 29 heavy (non-hydrogen) atoms. The Morgan fingerprint density at radius 1 is 1.21 bits per heavy atom. The quantitative estimate of drug-likeness (QED) is 0.292. The fourth-order valence-electron chi connectivity index (χ4n) is 2.42. The highest BCUT2D eigenvalue weighted by Crippen LogP contribution is 2.29. The number of nitrogens with one attached hydrogen (secondary N) is 1. The van der Waals surface area contributed by atoms with E-state index >= 15 is 0 Å². The maximum Gasteiger partial charge on any atom is 0.271 e. The number of carbonyl (C=O) groups is 1. The van der Waals surface area contributed by atoms with Crippen molar-refractivity contribution < 1.29 is 19.2 Å². The summed E-state index contributed by atoms with van der Waals surface area (Å²) in [5.74, 6) is 0.439. The van der Waals surface area contributed by atoms with Crippen molar-refractivity contribution in [2.75, 3.05) is 18.5 Å². The summed E-state index contributed by atoms with van der Waals surface area (Å²) in [7, 11) is 0. The highest BCUT2D eigenvalue weighted by Gasteiger charge is 2.13. The van der Waals surface area contributed by atoms with Crippen LogP contribution >= 0.6 is 0 Å². The number of anilines is 1. The Labute approximate surface area is 168 Å². The van der Waals surface area contributed by atoms with Crippen LogP contribution < -0.4 is 14.8 Å². The average molecular weight is 395 g/mol. The van der Waals surface area contributed by atoms with E-state index in [4.69, 9.17) is 9.47 Å². The van der Waals surface area contributed by atoms with Crippen LogP contribution in [0.1, 0.15) is 25.8 Å². The second-order valence-electron chi connectivity index (χ2n) is 5.92. The fourth-order valence-corrected chi connectivity index (χ4v) is 2.42. The molecular formula is C21H21N3O5. The molecule has 0 saturated carbocycles. The molecule has 0 unspecified atom stereocenters. The van der Waals surface area contributed by atoms with Crippen molar-refractivity contribution in [3.8, 4) is 17.6 Å². The largest absolute Gasteiger partial charge is 0.490 e. The van der Waals surface area contributed by atoms with Crippen LogP contribution in [0.4, 0.5) is 11.4 Å². The highest BCUT2D eigenvalue weighted by molar-refractivity contribution is 6.09. The minimum atomic E-state index is -0.669. The number of ether oxygens (including phenoxy) is 2. The van der Waals surface area contributed by atoms with Gasteiger partial charge in [0.2, 0.25) is 0 Å². The molecule has 2 rings (SSSR count). The van der Waals surface area contributed by atoms with Crippen LogP contribution in [-0.4, -0.2) is 24.0 Å². The summed E-state index contributed by atoms with van der Waals surface area (Å²) >= 11 is 0. The minimum Gasteiger partial charge on any atom is -0.490 e. The van der Waals surface area contributed by atoms with Crippen LogP contribution in [0.15, 0.2) is 48.0 Å². The number of hydrogen-bond acceptors (Lipinski definition) is 6. The molecule has 8 heteroatoms. The standard InChI is InChI=1S/C21H21N3O5/c1-3-10-29-19-9-8-15(12-20(19)28-4-2)11-16(14-22)21(25)23-17-6-5-7-18(13-17)24(26)27/h5-9,11-13H,3-4,10H2,1-2H3,(H,23,25)/b16-11-. The molecule has 0 bridgehead atoms. The molecule has 8 nitrogen and oxygen atoms in total. The van der Waals surface area contributed by atoms with E-state index in [0.29, 0.717) is 30.3 Å². The molecule has 1 N–H and O–H groups in total. The third-order valence-electron chi connectivity index (χ3n) is 3.72. The number of carbonyl (C=O) groups excluding carboxylic acids is 1. The Morgan fingerprint density at radius 3 is 2.66 bits per heavy atom. The molecule has 0 aromatic heterocycles. The molecule has 0 heterocycles. The number of rotatable bonds is 9. The van der Waals surface area contributed by atoms with E-state index in [1.54, 1.807) is 18.2 Å². The van der Waals surface area contributed by atoms with E-state index in [1.165, 1.54) is 30.3 Å². The van der Waals surface area contributed by atoms with Gasteiger partial charge in [0.15, 0.2) is 11.5 Å². The van der Waals surface area contributed by atoms with E-state index < -0.39 is 10.8 Å². The van der Waals surface area contributed by atoms with Crippen molar-refractivity contribution in [1.82, 2.24) is 0 Å². The number of nitrogens with zero attached hydrogens (tertiary/aromatic N) is 2. The molecule has 0 saturated heterocycles. The van der Waals surface area contributed by atoms with Crippen molar-refractivity contribution >= 4 is 23.4 Å². The second-order valence-corrected chi connectivity index (χ2v) is 5.92. The SMILES string of the molecule is CCCOc1ccc(/C=C(/C#N)C(=O)Nc2cccc([N+](=O)[O-])c2)cc1OCC. The van der Waals surface area contributed by atoms with E-state index in [1.807, 2.05) is 19.9 Å². The molecular weight excluding hydrogens is 374 g/mol. The van der Waals surface area contributed by atoms with E-state index in [9.17, 15) is 20.2 Å². The van der Waals surface area contributed by atoms with E-state index in [2.05, 4.69) is 5.32 Å². The van der Waals surface area contributed by atoms with Gasteiger partial charge >= 0.3 is 0 Å². The van der Waals surface area contributed by atoms with Gasteiger partial charge in [-0.15, -0.1) is 0 Å². The average Bonchev–Trinajstić information content (AvgIpc) is 2.71. The van der Waals surface area contributed by atoms with Crippen LogP contribution in [0.25, 0.3) is 6.08 Å². The predicted molar refractivity (Wildman–Crippen MR) is 109 cm³/mol. The summed E-state index contributed by atoms with van der Waals surface area (Å²) in [6, 6.07) is 12.5. The van der Waals surface area contributed by atoms with Crippen LogP contribution in [0.5, 0.6) is 11.5 Å². The van der Waals surface area contributed by atoms with Gasteiger partial charge in [0.25, 0.3) is 11.6 Å². The van der Waals surface area contributed by atoms with Gasteiger partial charge in [-0.05, 0) is 43.2 Å². The first-order valence-electron chi connectivity index (χ1n) is 9.05. The molecule has 0 atom stereocenters. The summed E-state index contributed by atoms with van der Waals surface area (Å²) in [6.07, 6.45) is 2.27. The lowest BCUT2D eigenvalue weighted by Gasteiger charge is -2.12. The summed E-state index contributed by atoms with van der Waals surface area (Å²) in [4.78, 5) is 22.7. The molecule has 2 aromatic rings. The second kappa shape index (κ2) is 10.5. The number of nitro benzene ring substituents is 1. The zero-order valence-corrected chi connectivity index (χ0v) is 16.2. The van der Waals surface area contributed by atoms with Gasteiger partial charge in [0.05, 0.1) is 18.1 Å². The Kier molecular flexibility index (Phi) is 7.74. The van der Waals surface area contributed by atoms with Crippen LogP contribution in [0.2, 0.25) is 0 Å². The maximum absolute atomic E-state index is 12.4. The van der Waals surface area contributed by atoms with Gasteiger partial charge in [-0.1, -0.05) is 19.1 Å². The maximum atomic E-state index is 12.4. The first kappa shape index (κ1) is 21.4. The van der Waals surface area contributed by atoms with E-state index in [-0.39, 0.29) is 16.9 Å². The number of hydrogen-bond donors (Lipinski definition) is 1. The summed E-state index contributed by atoms with van der Waals surface area (Å²) in [6.45, 7) is 4.83. The predicted octanol–water partition coefficient (Wildman–Crippen LogP) is 4.33. The van der Waals surface area contributed by atoms with Gasteiger partial charge in [-0.2, -0.15) is 5.26 Å². The first-order valence-corrected chi connectivity index (χ1v) is 9.05. The number of amides is 1. The van der Waals surface area contributed by atoms with Gasteiger partial charge in [-0.25, -0.2) is 0 Å². The van der Waals surface area contributed by atoms with Crippen molar-refractivity contribution in [2.45, 2.75) is 20.3 Å². The van der Waals surface area contributed by atoms with Crippen molar-refractivity contribution in [3.05, 3.63) is 63.7 Å². The highest BCUT2D eigenvalue weighted by atomic mass is 16.6. The number of nitriles is 1. The third kappa shape index (κ3) is 6.07.